The van der Waals surface area contributed by atoms with E-state index in [0.717, 1.165) is 6.42 Å². The molecular weight excluding hydrogens is 196 g/mol. The summed E-state index contributed by atoms with van der Waals surface area (Å²) < 4.78 is 0. The first-order valence-corrected chi connectivity index (χ1v) is 6.10. The number of aryl methyl sites for hydroxylation is 2. The number of hydrogen-bond acceptors (Lipinski definition) is 1. The lowest BCUT2D eigenvalue weighted by Crippen LogP contribution is -2.08. The number of carbonyl (C=O) groups excluding carboxylic acids is 1. The monoisotopic (exact) mass is 218 g/mol. The maximum atomic E-state index is 11.8. The Morgan fingerprint density at radius 2 is 2.00 bits per heavy atom. The van der Waals surface area contributed by atoms with Crippen LogP contribution >= 0.6 is 0 Å². The highest BCUT2D eigenvalue weighted by Gasteiger charge is 2.09. The molecule has 0 heterocycles. The molecule has 0 fully saturated rings. The van der Waals surface area contributed by atoms with E-state index in [2.05, 4.69) is 45.9 Å². The number of rotatable bonds is 5. The maximum Gasteiger partial charge on any atom is 0.137 e. The first-order valence-electron chi connectivity index (χ1n) is 6.10. The van der Waals surface area contributed by atoms with Crippen molar-refractivity contribution in [3.05, 3.63) is 34.9 Å². The zero-order valence-electron chi connectivity index (χ0n) is 10.8. The van der Waals surface area contributed by atoms with Crippen LogP contribution in [0.2, 0.25) is 0 Å². The van der Waals surface area contributed by atoms with Crippen LogP contribution in [0, 0.1) is 19.8 Å². The van der Waals surface area contributed by atoms with Crippen LogP contribution in [0.15, 0.2) is 18.2 Å². The summed E-state index contributed by atoms with van der Waals surface area (Å²) in [6.07, 6.45) is 2.39. The summed E-state index contributed by atoms with van der Waals surface area (Å²) in [5, 5.41) is 0. The van der Waals surface area contributed by atoms with Crippen molar-refractivity contribution in [1.82, 2.24) is 0 Å². The van der Waals surface area contributed by atoms with Crippen LogP contribution < -0.4 is 0 Å². The molecular formula is C15H22O. The summed E-state index contributed by atoms with van der Waals surface area (Å²) in [5.41, 5.74) is 3.65. The van der Waals surface area contributed by atoms with Gasteiger partial charge in [-0.3, -0.25) is 4.79 Å². The third kappa shape index (κ3) is 3.80. The standard InChI is InChI=1S/C15H22O/c1-5-11(2)9-15(16)10-14-8-12(3)6-7-13(14)4/h6-8,11H,5,9-10H2,1-4H3. The largest absolute Gasteiger partial charge is 0.299 e. The van der Waals surface area contributed by atoms with Crippen LogP contribution in [0.1, 0.15) is 43.4 Å². The van der Waals surface area contributed by atoms with Gasteiger partial charge in [-0.15, -0.1) is 0 Å². The fourth-order valence-corrected chi connectivity index (χ4v) is 1.81. The van der Waals surface area contributed by atoms with E-state index >= 15 is 0 Å². The van der Waals surface area contributed by atoms with Crippen LogP contribution in [0.4, 0.5) is 0 Å². The average Bonchev–Trinajstić information content (AvgIpc) is 2.23. The van der Waals surface area contributed by atoms with Gasteiger partial charge in [0, 0.05) is 12.8 Å². The molecule has 1 unspecified atom stereocenters. The predicted octanol–water partition coefficient (Wildman–Crippen LogP) is 3.85. The van der Waals surface area contributed by atoms with Crippen molar-refractivity contribution in [2.24, 2.45) is 5.92 Å². The van der Waals surface area contributed by atoms with E-state index in [1.54, 1.807) is 0 Å². The molecule has 0 aromatic heterocycles. The minimum absolute atomic E-state index is 0.364. The van der Waals surface area contributed by atoms with Gasteiger partial charge < -0.3 is 0 Å². The molecule has 0 saturated heterocycles. The highest BCUT2D eigenvalue weighted by molar-refractivity contribution is 5.81. The van der Waals surface area contributed by atoms with E-state index < -0.39 is 0 Å². The Morgan fingerprint density at radius 3 is 2.62 bits per heavy atom. The maximum absolute atomic E-state index is 11.8. The summed E-state index contributed by atoms with van der Waals surface area (Å²) in [7, 11) is 0. The van der Waals surface area contributed by atoms with Crippen molar-refractivity contribution in [3.8, 4) is 0 Å². The predicted molar refractivity (Wildman–Crippen MR) is 68.7 cm³/mol. The second-order valence-electron chi connectivity index (χ2n) is 4.86. The minimum Gasteiger partial charge on any atom is -0.299 e. The Hall–Kier alpha value is -1.11. The molecule has 0 amide bonds. The van der Waals surface area contributed by atoms with E-state index in [9.17, 15) is 4.79 Å². The van der Waals surface area contributed by atoms with Gasteiger partial charge in [-0.1, -0.05) is 44.0 Å². The van der Waals surface area contributed by atoms with Gasteiger partial charge in [-0.2, -0.15) is 0 Å². The Morgan fingerprint density at radius 1 is 1.31 bits per heavy atom. The Labute approximate surface area is 98.9 Å². The molecule has 16 heavy (non-hydrogen) atoms. The number of benzene rings is 1. The fraction of sp³-hybridized carbons (Fsp3) is 0.533. The molecule has 0 aliphatic rings. The van der Waals surface area contributed by atoms with E-state index in [4.69, 9.17) is 0 Å². The van der Waals surface area contributed by atoms with Gasteiger partial charge in [0.15, 0.2) is 0 Å². The molecule has 1 aromatic rings. The van der Waals surface area contributed by atoms with Crippen molar-refractivity contribution in [2.45, 2.75) is 47.0 Å². The third-order valence-electron chi connectivity index (χ3n) is 3.17. The Kier molecular flexibility index (Phi) is 4.72. The first-order chi connectivity index (χ1) is 7.52. The minimum atomic E-state index is 0.364. The molecule has 1 heteroatoms. The quantitative estimate of drug-likeness (QED) is 0.733. The molecule has 1 atom stereocenters. The second kappa shape index (κ2) is 5.83. The molecule has 1 rings (SSSR count). The fourth-order valence-electron chi connectivity index (χ4n) is 1.81. The highest BCUT2D eigenvalue weighted by atomic mass is 16.1. The van der Waals surface area contributed by atoms with Gasteiger partial charge >= 0.3 is 0 Å². The van der Waals surface area contributed by atoms with Crippen molar-refractivity contribution < 1.29 is 4.79 Å². The molecule has 1 nitrogen and oxygen atoms in total. The van der Waals surface area contributed by atoms with Crippen LogP contribution in [-0.2, 0) is 11.2 Å². The van der Waals surface area contributed by atoms with Gasteiger partial charge in [0.2, 0.25) is 0 Å². The summed E-state index contributed by atoms with van der Waals surface area (Å²) in [6, 6.07) is 6.32. The normalized spacial score (nSPS) is 12.5. The zero-order valence-corrected chi connectivity index (χ0v) is 10.8. The number of ketones is 1. The average molecular weight is 218 g/mol. The smallest absolute Gasteiger partial charge is 0.137 e. The van der Waals surface area contributed by atoms with E-state index in [0.29, 0.717) is 24.5 Å². The molecule has 1 aromatic carbocycles. The SMILES string of the molecule is CCC(C)CC(=O)Cc1cc(C)ccc1C. The molecule has 0 N–H and O–H groups in total. The van der Waals surface area contributed by atoms with E-state index in [1.165, 1.54) is 16.7 Å². The number of carbonyl (C=O) groups is 1. The lowest BCUT2D eigenvalue weighted by molar-refractivity contribution is -0.119. The van der Waals surface area contributed by atoms with Gasteiger partial charge in [-0.05, 0) is 30.9 Å². The summed E-state index contributed by atoms with van der Waals surface area (Å²) in [6.45, 7) is 8.42. The van der Waals surface area contributed by atoms with Gasteiger partial charge in [0.1, 0.15) is 5.78 Å². The lowest BCUT2D eigenvalue weighted by atomic mass is 9.95. The van der Waals surface area contributed by atoms with Crippen LogP contribution in [-0.4, -0.2) is 5.78 Å². The van der Waals surface area contributed by atoms with Crippen LogP contribution in [0.25, 0.3) is 0 Å². The molecule has 0 bridgehead atoms. The molecule has 0 aliphatic carbocycles. The molecule has 0 saturated carbocycles. The second-order valence-corrected chi connectivity index (χ2v) is 4.86. The van der Waals surface area contributed by atoms with Gasteiger partial charge in [0.25, 0.3) is 0 Å². The van der Waals surface area contributed by atoms with Crippen LogP contribution in [0.3, 0.4) is 0 Å². The third-order valence-corrected chi connectivity index (χ3v) is 3.17. The highest BCUT2D eigenvalue weighted by Crippen LogP contribution is 2.14. The summed E-state index contributed by atoms with van der Waals surface area (Å²) in [5.74, 6) is 0.876. The first kappa shape index (κ1) is 13.0. The lowest BCUT2D eigenvalue weighted by Gasteiger charge is -2.09. The Bertz CT molecular complexity index is 366. The summed E-state index contributed by atoms with van der Waals surface area (Å²) >= 11 is 0. The van der Waals surface area contributed by atoms with Crippen molar-refractivity contribution >= 4 is 5.78 Å². The molecule has 0 aliphatic heterocycles. The topological polar surface area (TPSA) is 17.1 Å². The Balaban J connectivity index is 2.65. The van der Waals surface area contributed by atoms with Crippen LogP contribution in [0.5, 0.6) is 0 Å². The number of Topliss-reactive ketones (excluding diaryl/α,β-unsaturated/α-hetero) is 1. The summed E-state index contributed by atoms with van der Waals surface area (Å²) in [4.78, 5) is 11.8. The van der Waals surface area contributed by atoms with Gasteiger partial charge in [0.05, 0.1) is 0 Å². The molecule has 0 spiro atoms. The van der Waals surface area contributed by atoms with Crippen molar-refractivity contribution in [3.63, 3.8) is 0 Å². The van der Waals surface area contributed by atoms with Gasteiger partial charge in [-0.25, -0.2) is 0 Å². The molecule has 88 valence electrons. The van der Waals surface area contributed by atoms with E-state index in [-0.39, 0.29) is 0 Å². The van der Waals surface area contributed by atoms with Crippen molar-refractivity contribution in [2.75, 3.05) is 0 Å². The zero-order chi connectivity index (χ0) is 12.1. The molecule has 0 radical (unpaired) electrons. The van der Waals surface area contributed by atoms with Crippen molar-refractivity contribution in [1.29, 1.82) is 0 Å². The van der Waals surface area contributed by atoms with E-state index in [1.807, 2.05) is 0 Å². The number of hydrogen-bond donors (Lipinski definition) is 0.